The van der Waals surface area contributed by atoms with E-state index < -0.39 is 0 Å². The first-order valence-electron chi connectivity index (χ1n) is 3.06. The summed E-state index contributed by atoms with van der Waals surface area (Å²) in [6, 6.07) is 0. The standard InChI is InChI=1S/C6H13NO.ClH/c1-5-2-6(7,3-5)4-8;/h5,8H,2-4,7H2,1H3;1H. The minimum absolute atomic E-state index is 0. The monoisotopic (exact) mass is 151 g/mol. The number of aliphatic hydroxyl groups excluding tert-OH is 1. The first-order valence-corrected chi connectivity index (χ1v) is 3.06. The number of halogens is 1. The summed E-state index contributed by atoms with van der Waals surface area (Å²) in [4.78, 5) is 0. The molecule has 1 rings (SSSR count). The Bertz CT molecular complexity index is 91.1. The van der Waals surface area contributed by atoms with E-state index in [4.69, 9.17) is 10.8 Å². The van der Waals surface area contributed by atoms with Gasteiger partial charge >= 0.3 is 0 Å². The highest BCUT2D eigenvalue weighted by Crippen LogP contribution is 2.34. The SMILES string of the molecule is CC1CC(N)(CO)C1.Cl. The van der Waals surface area contributed by atoms with Crippen LogP contribution in [-0.4, -0.2) is 17.3 Å². The third kappa shape index (κ3) is 1.81. The average Bonchev–Trinajstić information content (AvgIpc) is 1.63. The van der Waals surface area contributed by atoms with Gasteiger partial charge in [0, 0.05) is 5.54 Å². The molecule has 0 saturated heterocycles. The molecule has 0 aromatic carbocycles. The molecule has 0 aromatic rings. The zero-order valence-electron chi connectivity index (χ0n) is 5.63. The van der Waals surface area contributed by atoms with Crippen molar-refractivity contribution in [1.82, 2.24) is 0 Å². The second-order valence-electron chi connectivity index (χ2n) is 3.03. The fraction of sp³-hybridized carbons (Fsp3) is 1.00. The fourth-order valence-corrected chi connectivity index (χ4v) is 1.46. The maximum Gasteiger partial charge on any atom is 0.0611 e. The van der Waals surface area contributed by atoms with Crippen molar-refractivity contribution < 1.29 is 5.11 Å². The van der Waals surface area contributed by atoms with Gasteiger partial charge < -0.3 is 10.8 Å². The van der Waals surface area contributed by atoms with Crippen LogP contribution in [0.25, 0.3) is 0 Å². The third-order valence-electron chi connectivity index (χ3n) is 1.82. The van der Waals surface area contributed by atoms with E-state index in [0.29, 0.717) is 0 Å². The summed E-state index contributed by atoms with van der Waals surface area (Å²) in [5.41, 5.74) is 5.43. The molecule has 0 radical (unpaired) electrons. The molecule has 1 aliphatic rings. The van der Waals surface area contributed by atoms with Gasteiger partial charge in [0.25, 0.3) is 0 Å². The molecule has 9 heavy (non-hydrogen) atoms. The molecule has 3 heteroatoms. The fourth-order valence-electron chi connectivity index (χ4n) is 1.46. The van der Waals surface area contributed by atoms with Crippen LogP contribution in [0.5, 0.6) is 0 Å². The first kappa shape index (κ1) is 9.21. The summed E-state index contributed by atoms with van der Waals surface area (Å²) in [5.74, 6) is 0.729. The summed E-state index contributed by atoms with van der Waals surface area (Å²) >= 11 is 0. The minimum Gasteiger partial charge on any atom is -0.394 e. The number of hydrogen-bond donors (Lipinski definition) is 2. The molecule has 0 atom stereocenters. The maximum atomic E-state index is 8.64. The Balaban J connectivity index is 0.000000640. The molecule has 56 valence electrons. The van der Waals surface area contributed by atoms with Crippen molar-refractivity contribution >= 4 is 12.4 Å². The van der Waals surface area contributed by atoms with Crippen molar-refractivity contribution in [2.24, 2.45) is 11.7 Å². The van der Waals surface area contributed by atoms with Crippen molar-refractivity contribution in [2.45, 2.75) is 25.3 Å². The van der Waals surface area contributed by atoms with Crippen LogP contribution in [0.2, 0.25) is 0 Å². The predicted octanol–water partition coefficient (Wildman–Crippen LogP) is 0.528. The molecule has 0 aliphatic heterocycles. The van der Waals surface area contributed by atoms with Gasteiger partial charge in [-0.05, 0) is 18.8 Å². The molecule has 1 fully saturated rings. The Morgan fingerprint density at radius 1 is 1.67 bits per heavy atom. The molecule has 0 amide bonds. The van der Waals surface area contributed by atoms with E-state index in [0.717, 1.165) is 18.8 Å². The van der Waals surface area contributed by atoms with Crippen LogP contribution in [0.15, 0.2) is 0 Å². The smallest absolute Gasteiger partial charge is 0.0611 e. The quantitative estimate of drug-likeness (QED) is 0.575. The molecular formula is C6H14ClNO. The molecule has 0 bridgehead atoms. The van der Waals surface area contributed by atoms with E-state index in [1.54, 1.807) is 0 Å². The topological polar surface area (TPSA) is 46.2 Å². The Hall–Kier alpha value is 0.210. The van der Waals surface area contributed by atoms with Gasteiger partial charge in [0.15, 0.2) is 0 Å². The van der Waals surface area contributed by atoms with Crippen LogP contribution in [0.3, 0.4) is 0 Å². The van der Waals surface area contributed by atoms with Gasteiger partial charge in [0.05, 0.1) is 6.61 Å². The van der Waals surface area contributed by atoms with Crippen molar-refractivity contribution in [3.05, 3.63) is 0 Å². The second-order valence-corrected chi connectivity index (χ2v) is 3.03. The van der Waals surface area contributed by atoms with Gasteiger partial charge in [0.1, 0.15) is 0 Å². The summed E-state index contributed by atoms with van der Waals surface area (Å²) in [5, 5.41) is 8.64. The molecule has 0 heterocycles. The van der Waals surface area contributed by atoms with Crippen LogP contribution in [-0.2, 0) is 0 Å². The number of aliphatic hydroxyl groups is 1. The van der Waals surface area contributed by atoms with Crippen molar-refractivity contribution in [1.29, 1.82) is 0 Å². The molecule has 0 unspecified atom stereocenters. The summed E-state index contributed by atoms with van der Waals surface area (Å²) in [6.07, 6.45) is 1.98. The Labute approximate surface area is 61.8 Å². The average molecular weight is 152 g/mol. The van der Waals surface area contributed by atoms with Crippen LogP contribution in [0.4, 0.5) is 0 Å². The summed E-state index contributed by atoms with van der Waals surface area (Å²) in [7, 11) is 0. The lowest BCUT2D eigenvalue weighted by Crippen LogP contribution is -2.53. The highest BCUT2D eigenvalue weighted by Gasteiger charge is 2.37. The third-order valence-corrected chi connectivity index (χ3v) is 1.82. The zero-order valence-corrected chi connectivity index (χ0v) is 6.45. The normalized spacial score (nSPS) is 41.0. The molecule has 0 aromatic heterocycles. The van der Waals surface area contributed by atoms with Gasteiger partial charge in [-0.2, -0.15) is 0 Å². The second kappa shape index (κ2) is 2.86. The number of hydrogen-bond acceptors (Lipinski definition) is 2. The Kier molecular flexibility index (Phi) is 2.93. The van der Waals surface area contributed by atoms with E-state index in [1.807, 2.05) is 0 Å². The molecule has 1 aliphatic carbocycles. The molecule has 1 saturated carbocycles. The Morgan fingerprint density at radius 3 is 2.22 bits per heavy atom. The van der Waals surface area contributed by atoms with Crippen LogP contribution in [0.1, 0.15) is 19.8 Å². The molecular weight excluding hydrogens is 138 g/mol. The summed E-state index contributed by atoms with van der Waals surface area (Å²) in [6.45, 7) is 2.30. The van der Waals surface area contributed by atoms with E-state index >= 15 is 0 Å². The first-order chi connectivity index (χ1) is 3.66. The van der Waals surface area contributed by atoms with Crippen LogP contribution < -0.4 is 5.73 Å². The lowest BCUT2D eigenvalue weighted by Gasteiger charge is -2.41. The lowest BCUT2D eigenvalue weighted by molar-refractivity contribution is 0.0819. The highest BCUT2D eigenvalue weighted by molar-refractivity contribution is 5.85. The largest absolute Gasteiger partial charge is 0.394 e. The van der Waals surface area contributed by atoms with Gasteiger partial charge in [-0.15, -0.1) is 12.4 Å². The summed E-state index contributed by atoms with van der Waals surface area (Å²) < 4.78 is 0. The predicted molar refractivity (Wildman–Crippen MR) is 39.7 cm³/mol. The maximum absolute atomic E-state index is 8.64. The number of rotatable bonds is 1. The van der Waals surface area contributed by atoms with Crippen LogP contribution in [0, 0.1) is 5.92 Å². The van der Waals surface area contributed by atoms with Crippen molar-refractivity contribution in [2.75, 3.05) is 6.61 Å². The highest BCUT2D eigenvalue weighted by atomic mass is 35.5. The Morgan fingerprint density at radius 2 is 2.11 bits per heavy atom. The van der Waals surface area contributed by atoms with Crippen LogP contribution >= 0.6 is 12.4 Å². The molecule has 0 spiro atoms. The van der Waals surface area contributed by atoms with E-state index in [2.05, 4.69) is 6.92 Å². The molecule has 2 nitrogen and oxygen atoms in total. The van der Waals surface area contributed by atoms with E-state index in [9.17, 15) is 0 Å². The van der Waals surface area contributed by atoms with Gasteiger partial charge in [-0.25, -0.2) is 0 Å². The zero-order chi connectivity index (χ0) is 6.20. The van der Waals surface area contributed by atoms with E-state index in [-0.39, 0.29) is 24.6 Å². The van der Waals surface area contributed by atoms with Gasteiger partial charge in [-0.1, -0.05) is 6.92 Å². The van der Waals surface area contributed by atoms with Gasteiger partial charge in [-0.3, -0.25) is 0 Å². The van der Waals surface area contributed by atoms with Crippen molar-refractivity contribution in [3.8, 4) is 0 Å². The van der Waals surface area contributed by atoms with Crippen molar-refractivity contribution in [3.63, 3.8) is 0 Å². The molecule has 3 N–H and O–H groups in total. The van der Waals surface area contributed by atoms with Gasteiger partial charge in [0.2, 0.25) is 0 Å². The lowest BCUT2D eigenvalue weighted by atomic mass is 9.70. The number of nitrogens with two attached hydrogens (primary N) is 1. The van der Waals surface area contributed by atoms with E-state index in [1.165, 1.54) is 0 Å². The minimum atomic E-state index is -0.209.